The van der Waals surface area contributed by atoms with Crippen molar-refractivity contribution in [1.82, 2.24) is 5.43 Å². The second kappa shape index (κ2) is 5.92. The minimum absolute atomic E-state index is 0.174. The molecule has 0 unspecified atom stereocenters. The Kier molecular flexibility index (Phi) is 4.80. The van der Waals surface area contributed by atoms with Crippen LogP contribution in [0.15, 0.2) is 23.2 Å². The summed E-state index contributed by atoms with van der Waals surface area (Å²) < 4.78 is 37.8. The lowest BCUT2D eigenvalue weighted by molar-refractivity contribution is -0.137. The molecule has 100 valence electrons. The van der Waals surface area contributed by atoms with Gasteiger partial charge < -0.3 is 5.32 Å². The number of guanidine groups is 1. The fraction of sp³-hybridized carbons (Fsp3) is 0.300. The number of nitrogens with one attached hydrogen (secondary N) is 2. The maximum atomic E-state index is 12.6. The highest BCUT2D eigenvalue weighted by atomic mass is 35.5. The minimum Gasteiger partial charge on any atom is -0.325 e. The molecule has 0 heterocycles. The molecular formula is C10H12ClF3N4. The van der Waals surface area contributed by atoms with Gasteiger partial charge in [0.2, 0.25) is 5.96 Å². The van der Waals surface area contributed by atoms with Crippen molar-refractivity contribution in [3.8, 4) is 0 Å². The minimum atomic E-state index is -4.51. The molecule has 0 aromatic heterocycles. The topological polar surface area (TPSA) is 62.4 Å². The Morgan fingerprint density at radius 2 is 2.11 bits per heavy atom. The van der Waals surface area contributed by atoms with Crippen molar-refractivity contribution in [2.24, 2.45) is 10.8 Å². The van der Waals surface area contributed by atoms with Crippen LogP contribution in [0.2, 0.25) is 5.02 Å². The smallest absolute Gasteiger partial charge is 0.325 e. The molecule has 8 heteroatoms. The second-order valence-corrected chi connectivity index (χ2v) is 3.69. The maximum Gasteiger partial charge on any atom is 0.417 e. The molecule has 0 fully saturated rings. The summed E-state index contributed by atoms with van der Waals surface area (Å²) in [7, 11) is 0. The highest BCUT2D eigenvalue weighted by Gasteiger charge is 2.33. The lowest BCUT2D eigenvalue weighted by atomic mass is 10.2. The van der Waals surface area contributed by atoms with E-state index in [0.29, 0.717) is 6.54 Å². The number of rotatable bonds is 2. The number of hydrogen-bond acceptors (Lipinski definition) is 2. The zero-order chi connectivity index (χ0) is 13.8. The van der Waals surface area contributed by atoms with Crippen molar-refractivity contribution < 1.29 is 13.2 Å². The van der Waals surface area contributed by atoms with Gasteiger partial charge in [-0.05, 0) is 25.1 Å². The van der Waals surface area contributed by atoms with Gasteiger partial charge in [0, 0.05) is 12.2 Å². The van der Waals surface area contributed by atoms with Crippen LogP contribution in [0, 0.1) is 0 Å². The van der Waals surface area contributed by atoms with Crippen molar-refractivity contribution >= 4 is 23.2 Å². The standard InChI is InChI=1S/C10H12ClF3N4/c1-2-16-9(18-15)17-6-3-4-8(11)7(5-6)10(12,13)14/h3-5H,2,15H2,1H3,(H2,16,17,18). The summed E-state index contributed by atoms with van der Waals surface area (Å²) in [5.74, 6) is 5.34. The molecule has 1 aromatic rings. The van der Waals surface area contributed by atoms with Crippen LogP contribution in [-0.2, 0) is 6.18 Å². The second-order valence-electron chi connectivity index (χ2n) is 3.28. The highest BCUT2D eigenvalue weighted by Crippen LogP contribution is 2.36. The van der Waals surface area contributed by atoms with Crippen molar-refractivity contribution in [3.05, 3.63) is 28.8 Å². The van der Waals surface area contributed by atoms with E-state index >= 15 is 0 Å². The maximum absolute atomic E-state index is 12.6. The molecule has 0 saturated carbocycles. The molecule has 0 bridgehead atoms. The molecule has 18 heavy (non-hydrogen) atoms. The van der Waals surface area contributed by atoms with E-state index in [4.69, 9.17) is 17.4 Å². The number of anilines is 1. The Hall–Kier alpha value is -1.47. The van der Waals surface area contributed by atoms with E-state index in [9.17, 15) is 13.2 Å². The van der Waals surface area contributed by atoms with Crippen LogP contribution < -0.4 is 16.6 Å². The summed E-state index contributed by atoms with van der Waals surface area (Å²) >= 11 is 5.49. The molecule has 4 N–H and O–H groups in total. The van der Waals surface area contributed by atoms with Crippen LogP contribution in [0.1, 0.15) is 12.5 Å². The summed E-state index contributed by atoms with van der Waals surface area (Å²) in [4.78, 5) is 3.91. The first-order valence-corrected chi connectivity index (χ1v) is 5.41. The van der Waals surface area contributed by atoms with E-state index in [0.717, 1.165) is 12.1 Å². The van der Waals surface area contributed by atoms with E-state index in [1.54, 1.807) is 6.92 Å². The third-order valence-electron chi connectivity index (χ3n) is 1.99. The van der Waals surface area contributed by atoms with Gasteiger partial charge in [-0.25, -0.2) is 5.84 Å². The van der Waals surface area contributed by atoms with Gasteiger partial charge in [0.15, 0.2) is 0 Å². The summed E-state index contributed by atoms with van der Waals surface area (Å²) in [6, 6.07) is 3.46. The van der Waals surface area contributed by atoms with Gasteiger partial charge in [-0.15, -0.1) is 0 Å². The Morgan fingerprint density at radius 1 is 1.44 bits per heavy atom. The van der Waals surface area contributed by atoms with Gasteiger partial charge in [-0.2, -0.15) is 13.2 Å². The quantitative estimate of drug-likeness (QED) is 0.338. The van der Waals surface area contributed by atoms with E-state index in [1.807, 2.05) is 0 Å². The van der Waals surface area contributed by atoms with Crippen LogP contribution in [0.3, 0.4) is 0 Å². The molecule has 0 aliphatic heterocycles. The fourth-order valence-corrected chi connectivity index (χ4v) is 1.46. The average molecular weight is 281 g/mol. The number of hydrogen-bond donors (Lipinski definition) is 3. The Labute approximate surface area is 107 Å². The normalized spacial score (nSPS) is 12.4. The SMILES string of the molecule is CCN=C(NN)Nc1ccc(Cl)c(C(F)(F)F)c1. The van der Waals surface area contributed by atoms with Gasteiger partial charge in [-0.3, -0.25) is 10.4 Å². The largest absolute Gasteiger partial charge is 0.417 e. The van der Waals surface area contributed by atoms with Crippen LogP contribution in [0.5, 0.6) is 0 Å². The van der Waals surface area contributed by atoms with Gasteiger partial charge in [0.05, 0.1) is 10.6 Å². The number of alkyl halides is 3. The van der Waals surface area contributed by atoms with Crippen molar-refractivity contribution in [1.29, 1.82) is 0 Å². The van der Waals surface area contributed by atoms with Crippen LogP contribution in [0.4, 0.5) is 18.9 Å². The lowest BCUT2D eigenvalue weighted by Crippen LogP contribution is -2.36. The van der Waals surface area contributed by atoms with Crippen LogP contribution in [-0.4, -0.2) is 12.5 Å². The first-order valence-electron chi connectivity index (χ1n) is 5.03. The Morgan fingerprint density at radius 3 is 2.61 bits per heavy atom. The number of nitrogens with zero attached hydrogens (tertiary/aromatic N) is 1. The monoisotopic (exact) mass is 280 g/mol. The molecule has 4 nitrogen and oxygen atoms in total. The van der Waals surface area contributed by atoms with E-state index in [1.165, 1.54) is 6.07 Å². The first-order chi connectivity index (χ1) is 8.38. The van der Waals surface area contributed by atoms with Crippen molar-refractivity contribution in [2.45, 2.75) is 13.1 Å². The Bertz CT molecular complexity index is 445. The summed E-state index contributed by atoms with van der Waals surface area (Å²) in [6.07, 6.45) is -4.51. The van der Waals surface area contributed by atoms with E-state index in [2.05, 4.69) is 15.7 Å². The average Bonchev–Trinajstić information content (AvgIpc) is 2.29. The van der Waals surface area contributed by atoms with E-state index < -0.39 is 11.7 Å². The molecule has 1 rings (SSSR count). The predicted octanol–water partition coefficient (Wildman–Crippen LogP) is 2.61. The van der Waals surface area contributed by atoms with Gasteiger partial charge >= 0.3 is 6.18 Å². The van der Waals surface area contributed by atoms with Crippen LogP contribution >= 0.6 is 11.6 Å². The first kappa shape index (κ1) is 14.6. The number of halogens is 4. The van der Waals surface area contributed by atoms with E-state index in [-0.39, 0.29) is 16.7 Å². The van der Waals surface area contributed by atoms with Gasteiger partial charge in [0.1, 0.15) is 0 Å². The summed E-state index contributed by atoms with van der Waals surface area (Å²) in [5.41, 5.74) is 1.53. The molecule has 0 radical (unpaired) electrons. The van der Waals surface area contributed by atoms with Crippen molar-refractivity contribution in [3.63, 3.8) is 0 Å². The molecular weight excluding hydrogens is 269 g/mol. The lowest BCUT2D eigenvalue weighted by Gasteiger charge is -2.13. The number of nitrogens with two attached hydrogens (primary N) is 1. The highest BCUT2D eigenvalue weighted by molar-refractivity contribution is 6.31. The molecule has 0 amide bonds. The Balaban J connectivity index is 3.02. The number of hydrazine groups is 1. The summed E-state index contributed by atoms with van der Waals surface area (Å²) in [6.45, 7) is 2.20. The van der Waals surface area contributed by atoms with Crippen LogP contribution in [0.25, 0.3) is 0 Å². The predicted molar refractivity (Wildman–Crippen MR) is 65.4 cm³/mol. The van der Waals surface area contributed by atoms with Gasteiger partial charge in [-0.1, -0.05) is 11.6 Å². The molecule has 0 aliphatic rings. The zero-order valence-electron chi connectivity index (χ0n) is 9.48. The fourth-order valence-electron chi connectivity index (χ4n) is 1.24. The third-order valence-corrected chi connectivity index (χ3v) is 2.32. The number of aliphatic imine (C=N–C) groups is 1. The number of benzene rings is 1. The zero-order valence-corrected chi connectivity index (χ0v) is 10.2. The van der Waals surface area contributed by atoms with Crippen molar-refractivity contribution in [2.75, 3.05) is 11.9 Å². The molecule has 0 spiro atoms. The summed E-state index contributed by atoms with van der Waals surface area (Å²) in [5, 5.41) is 2.27. The third kappa shape index (κ3) is 3.78. The molecule has 1 aromatic carbocycles. The molecule has 0 atom stereocenters. The van der Waals surface area contributed by atoms with Gasteiger partial charge in [0.25, 0.3) is 0 Å². The molecule has 0 aliphatic carbocycles. The molecule has 0 saturated heterocycles.